The highest BCUT2D eigenvalue weighted by Gasteiger charge is 2.26. The first-order chi connectivity index (χ1) is 9.11. The van der Waals surface area contributed by atoms with Gasteiger partial charge >= 0.3 is 0 Å². The third-order valence-electron chi connectivity index (χ3n) is 4.23. The molecule has 19 heavy (non-hydrogen) atoms. The summed E-state index contributed by atoms with van der Waals surface area (Å²) in [6, 6.07) is 8.39. The molecule has 2 rings (SSSR count). The van der Waals surface area contributed by atoms with E-state index in [0.717, 1.165) is 19.3 Å². The Labute approximate surface area is 115 Å². The van der Waals surface area contributed by atoms with Crippen LogP contribution >= 0.6 is 0 Å². The van der Waals surface area contributed by atoms with E-state index < -0.39 is 0 Å². The Kier molecular flexibility index (Phi) is 4.59. The molecule has 1 aliphatic carbocycles. The summed E-state index contributed by atoms with van der Waals surface area (Å²) in [5.74, 6) is 0.297. The fourth-order valence-electron chi connectivity index (χ4n) is 2.56. The molecule has 0 fully saturated rings. The van der Waals surface area contributed by atoms with Crippen molar-refractivity contribution in [3.63, 3.8) is 0 Å². The molecule has 1 aliphatic rings. The van der Waals surface area contributed by atoms with Gasteiger partial charge in [0.05, 0.1) is 0 Å². The van der Waals surface area contributed by atoms with Crippen LogP contribution in [0, 0.1) is 11.8 Å². The first kappa shape index (κ1) is 14.1. The second kappa shape index (κ2) is 6.20. The van der Waals surface area contributed by atoms with Crippen LogP contribution in [0.15, 0.2) is 24.3 Å². The lowest BCUT2D eigenvalue weighted by Crippen LogP contribution is -2.42. The Morgan fingerprint density at radius 3 is 2.74 bits per heavy atom. The minimum atomic E-state index is 0.0228. The van der Waals surface area contributed by atoms with Crippen molar-refractivity contribution in [1.29, 1.82) is 0 Å². The van der Waals surface area contributed by atoms with Crippen LogP contribution in [0.1, 0.15) is 31.4 Å². The largest absolute Gasteiger partial charge is 0.396 e. The minimum Gasteiger partial charge on any atom is -0.396 e. The summed E-state index contributed by atoms with van der Waals surface area (Å²) in [6.45, 7) is 4.01. The van der Waals surface area contributed by atoms with Crippen LogP contribution in [0.25, 0.3) is 0 Å². The molecule has 1 aromatic rings. The second-order valence-electron chi connectivity index (χ2n) is 5.67. The number of hydrogen-bond donors (Lipinski definition) is 2. The number of carbonyl (C=O) groups excluding carboxylic acids is 1. The molecule has 0 saturated heterocycles. The van der Waals surface area contributed by atoms with Gasteiger partial charge in [0, 0.05) is 18.6 Å². The maximum absolute atomic E-state index is 12.2. The Morgan fingerprint density at radius 2 is 2.05 bits per heavy atom. The lowest BCUT2D eigenvalue weighted by atomic mass is 9.83. The van der Waals surface area contributed by atoms with Gasteiger partial charge in [-0.2, -0.15) is 0 Å². The first-order valence-corrected chi connectivity index (χ1v) is 7.09. The van der Waals surface area contributed by atoms with E-state index in [1.807, 2.05) is 19.9 Å². The number of rotatable bonds is 4. The van der Waals surface area contributed by atoms with Crippen molar-refractivity contribution in [2.75, 3.05) is 6.61 Å². The molecule has 0 saturated carbocycles. The van der Waals surface area contributed by atoms with Crippen LogP contribution in [0.4, 0.5) is 0 Å². The number of hydrogen-bond acceptors (Lipinski definition) is 2. The molecule has 3 heteroatoms. The summed E-state index contributed by atoms with van der Waals surface area (Å²) in [5, 5.41) is 12.1. The molecule has 3 nitrogen and oxygen atoms in total. The maximum Gasteiger partial charge on any atom is 0.223 e. The predicted octanol–water partition coefficient (Wildman–Crippen LogP) is 1.92. The Bertz CT molecular complexity index is 444. The van der Waals surface area contributed by atoms with Gasteiger partial charge in [0.15, 0.2) is 0 Å². The fourth-order valence-corrected chi connectivity index (χ4v) is 2.56. The van der Waals surface area contributed by atoms with Gasteiger partial charge in [0.2, 0.25) is 5.91 Å². The normalized spacial score (nSPS) is 21.3. The van der Waals surface area contributed by atoms with Crippen molar-refractivity contribution in [2.24, 2.45) is 11.8 Å². The molecule has 3 unspecified atom stereocenters. The molecular weight excluding hydrogens is 238 g/mol. The molecule has 0 bridgehead atoms. The number of amides is 1. The van der Waals surface area contributed by atoms with Crippen molar-refractivity contribution < 1.29 is 9.90 Å². The lowest BCUT2D eigenvalue weighted by Gasteiger charge is -2.27. The summed E-state index contributed by atoms with van der Waals surface area (Å²) in [5.41, 5.74) is 2.68. The zero-order valence-electron chi connectivity index (χ0n) is 11.7. The second-order valence-corrected chi connectivity index (χ2v) is 5.67. The van der Waals surface area contributed by atoms with E-state index in [-0.39, 0.29) is 30.4 Å². The topological polar surface area (TPSA) is 49.3 Å². The fraction of sp³-hybridized carbons (Fsp3) is 0.562. The third-order valence-corrected chi connectivity index (χ3v) is 4.23. The van der Waals surface area contributed by atoms with Gasteiger partial charge in [0.1, 0.15) is 0 Å². The van der Waals surface area contributed by atoms with Crippen LogP contribution < -0.4 is 5.32 Å². The first-order valence-electron chi connectivity index (χ1n) is 7.09. The minimum absolute atomic E-state index is 0.0228. The van der Waals surface area contributed by atoms with Gasteiger partial charge in [-0.25, -0.2) is 0 Å². The number of aliphatic hydroxyl groups excluding tert-OH is 1. The summed E-state index contributed by atoms with van der Waals surface area (Å²) in [6.07, 6.45) is 2.74. The van der Waals surface area contributed by atoms with Crippen molar-refractivity contribution in [3.05, 3.63) is 35.4 Å². The molecule has 0 radical (unpaired) electrons. The number of aryl methyl sites for hydroxylation is 1. The van der Waals surface area contributed by atoms with Gasteiger partial charge < -0.3 is 10.4 Å². The Hall–Kier alpha value is -1.35. The number of nitrogens with one attached hydrogen (secondary N) is 1. The van der Waals surface area contributed by atoms with E-state index in [2.05, 4.69) is 23.5 Å². The van der Waals surface area contributed by atoms with Gasteiger partial charge in [-0.1, -0.05) is 31.2 Å². The molecule has 1 aromatic carbocycles. The molecule has 0 aromatic heterocycles. The highest BCUT2D eigenvalue weighted by Crippen LogP contribution is 2.25. The van der Waals surface area contributed by atoms with Crippen molar-refractivity contribution in [2.45, 2.75) is 39.2 Å². The van der Waals surface area contributed by atoms with E-state index in [1.54, 1.807) is 0 Å². The molecule has 0 heterocycles. The summed E-state index contributed by atoms with van der Waals surface area (Å²) in [4.78, 5) is 12.2. The zero-order valence-corrected chi connectivity index (χ0v) is 11.7. The standard InChI is InChI=1S/C16H23NO2/c1-11(10-18)12(2)17-16(19)15-8-7-13-5-3-4-6-14(13)9-15/h3-6,11-12,15,18H,7-10H2,1-2H3,(H,17,19). The van der Waals surface area contributed by atoms with E-state index in [1.165, 1.54) is 11.1 Å². The molecule has 0 spiro atoms. The number of aliphatic hydroxyl groups is 1. The smallest absolute Gasteiger partial charge is 0.223 e. The van der Waals surface area contributed by atoms with E-state index in [0.29, 0.717) is 0 Å². The SMILES string of the molecule is CC(CO)C(C)NC(=O)C1CCc2ccccc2C1. The molecule has 104 valence electrons. The number of benzene rings is 1. The van der Waals surface area contributed by atoms with E-state index in [9.17, 15) is 4.79 Å². The van der Waals surface area contributed by atoms with Crippen LogP contribution in [-0.2, 0) is 17.6 Å². The molecule has 0 aliphatic heterocycles. The third kappa shape index (κ3) is 3.35. The number of fused-ring (bicyclic) bond motifs is 1. The molecular formula is C16H23NO2. The van der Waals surface area contributed by atoms with Crippen LogP contribution in [-0.4, -0.2) is 23.7 Å². The molecule has 3 atom stereocenters. The van der Waals surface area contributed by atoms with Crippen LogP contribution in [0.5, 0.6) is 0 Å². The summed E-state index contributed by atoms with van der Waals surface area (Å²) >= 11 is 0. The van der Waals surface area contributed by atoms with Crippen LogP contribution in [0.2, 0.25) is 0 Å². The molecule has 1 amide bonds. The Balaban J connectivity index is 1.95. The zero-order chi connectivity index (χ0) is 13.8. The average molecular weight is 261 g/mol. The van der Waals surface area contributed by atoms with Crippen molar-refractivity contribution in [1.82, 2.24) is 5.32 Å². The van der Waals surface area contributed by atoms with E-state index in [4.69, 9.17) is 5.11 Å². The van der Waals surface area contributed by atoms with Gasteiger partial charge in [-0.3, -0.25) is 4.79 Å². The highest BCUT2D eigenvalue weighted by molar-refractivity contribution is 5.79. The predicted molar refractivity (Wildman–Crippen MR) is 75.8 cm³/mol. The lowest BCUT2D eigenvalue weighted by molar-refractivity contribution is -0.126. The monoisotopic (exact) mass is 261 g/mol. The maximum atomic E-state index is 12.2. The summed E-state index contributed by atoms with van der Waals surface area (Å²) < 4.78 is 0. The van der Waals surface area contributed by atoms with Crippen molar-refractivity contribution in [3.8, 4) is 0 Å². The summed E-state index contributed by atoms with van der Waals surface area (Å²) in [7, 11) is 0. The van der Waals surface area contributed by atoms with E-state index >= 15 is 0 Å². The van der Waals surface area contributed by atoms with Crippen molar-refractivity contribution >= 4 is 5.91 Å². The quantitative estimate of drug-likeness (QED) is 0.870. The van der Waals surface area contributed by atoms with Gasteiger partial charge in [0.25, 0.3) is 0 Å². The van der Waals surface area contributed by atoms with Gasteiger partial charge in [-0.05, 0) is 43.2 Å². The Morgan fingerprint density at radius 1 is 1.37 bits per heavy atom. The average Bonchev–Trinajstić information content (AvgIpc) is 2.45. The highest BCUT2D eigenvalue weighted by atomic mass is 16.3. The number of carbonyl (C=O) groups is 1. The molecule has 2 N–H and O–H groups in total. The van der Waals surface area contributed by atoms with Gasteiger partial charge in [-0.15, -0.1) is 0 Å². The van der Waals surface area contributed by atoms with Crippen LogP contribution in [0.3, 0.4) is 0 Å².